The van der Waals surface area contributed by atoms with Gasteiger partial charge < -0.3 is 15.4 Å². The van der Waals surface area contributed by atoms with E-state index in [-0.39, 0.29) is 41.1 Å². The Balaban J connectivity index is 1.28. The minimum atomic E-state index is -0.389. The van der Waals surface area contributed by atoms with E-state index in [4.69, 9.17) is 10.5 Å². The summed E-state index contributed by atoms with van der Waals surface area (Å²) in [6, 6.07) is 18.4. The second-order valence-corrected chi connectivity index (χ2v) is 11.2. The molecule has 2 aromatic heterocycles. The van der Waals surface area contributed by atoms with E-state index in [9.17, 15) is 14.9 Å². The molecule has 6 rings (SSSR count). The number of ether oxygens (including phenoxy) is 1. The molecule has 2 fully saturated rings. The molecular weight excluding hydrogens is 532 g/mol. The summed E-state index contributed by atoms with van der Waals surface area (Å²) < 4.78 is 8.91. The fourth-order valence-corrected chi connectivity index (χ4v) is 5.54. The molecule has 0 aliphatic carbocycles. The molecule has 1 atom stereocenters. The number of nitrogens with zero attached hydrogens (tertiary/aromatic N) is 7. The number of hydrogen-bond donors (Lipinski definition) is 1. The van der Waals surface area contributed by atoms with Crippen LogP contribution in [0, 0.1) is 11.3 Å². The summed E-state index contributed by atoms with van der Waals surface area (Å²) in [6.45, 7) is 6.66. The Labute approximate surface area is 243 Å². The Bertz CT molecular complexity index is 1760. The number of anilines is 1. The van der Waals surface area contributed by atoms with Crippen molar-refractivity contribution in [1.82, 2.24) is 28.9 Å². The van der Waals surface area contributed by atoms with Gasteiger partial charge in [0.05, 0.1) is 11.7 Å². The standard InChI is InChI=1S/C31H32N8O3/c1-31(2,36-14-6-15-36)17-21(18-32)29(40)37-16-13-23(37)19-38-28-26(27(33)34-20-35-28)39(30(38)41)22-9-11-25(12-10-22)42-24-7-4-3-5-8-24/h3-5,7-12,17,20,23H,6,13-16,19H2,1-2H3,(H2,33,34,35)/t23-/m0/s1. The van der Waals surface area contributed by atoms with Gasteiger partial charge in [0.2, 0.25) is 0 Å². The molecule has 1 amide bonds. The van der Waals surface area contributed by atoms with E-state index in [2.05, 4.69) is 20.9 Å². The number of hydrogen-bond acceptors (Lipinski definition) is 8. The van der Waals surface area contributed by atoms with E-state index in [1.165, 1.54) is 15.5 Å². The van der Waals surface area contributed by atoms with Gasteiger partial charge in [-0.3, -0.25) is 18.8 Å². The van der Waals surface area contributed by atoms with Gasteiger partial charge in [0, 0.05) is 31.7 Å². The van der Waals surface area contributed by atoms with Gasteiger partial charge in [0.25, 0.3) is 5.91 Å². The molecule has 11 nitrogen and oxygen atoms in total. The van der Waals surface area contributed by atoms with Gasteiger partial charge in [-0.2, -0.15) is 5.26 Å². The van der Waals surface area contributed by atoms with Crippen LogP contribution in [0.4, 0.5) is 5.82 Å². The van der Waals surface area contributed by atoms with Crippen molar-refractivity contribution in [3.8, 4) is 23.3 Å². The SMILES string of the molecule is CC(C)(C=C(C#N)C(=O)N1CC[C@H]1Cn1c(=O)n(-c2ccc(Oc3ccccc3)cc2)c2c(N)ncnc21)N1CCC1. The third kappa shape index (κ3) is 4.90. The summed E-state index contributed by atoms with van der Waals surface area (Å²) in [5.74, 6) is 1.18. The maximum atomic E-state index is 13.9. The Kier molecular flexibility index (Phi) is 7.00. The van der Waals surface area contributed by atoms with Crippen LogP contribution < -0.4 is 16.2 Å². The van der Waals surface area contributed by atoms with E-state index in [1.807, 2.05) is 44.2 Å². The minimum Gasteiger partial charge on any atom is -0.457 e. The molecule has 4 aromatic rings. The fraction of sp³-hybridized carbons (Fsp3) is 0.323. The summed E-state index contributed by atoms with van der Waals surface area (Å²) in [5, 5.41) is 9.84. The van der Waals surface area contributed by atoms with Crippen molar-refractivity contribution in [2.75, 3.05) is 25.4 Å². The summed E-state index contributed by atoms with van der Waals surface area (Å²) >= 11 is 0. The molecule has 2 N–H and O–H groups in total. The highest BCUT2D eigenvalue weighted by atomic mass is 16.5. The highest BCUT2D eigenvalue weighted by molar-refractivity contribution is 5.98. The zero-order valence-corrected chi connectivity index (χ0v) is 23.6. The number of nitriles is 1. The average Bonchev–Trinajstić information content (AvgIpc) is 3.21. The number of aromatic nitrogens is 4. The van der Waals surface area contributed by atoms with Gasteiger partial charge in [-0.05, 0) is 69.2 Å². The molecule has 2 aliphatic heterocycles. The Morgan fingerprint density at radius 1 is 1.10 bits per heavy atom. The summed E-state index contributed by atoms with van der Waals surface area (Å²) in [7, 11) is 0. The van der Waals surface area contributed by atoms with Gasteiger partial charge in [0.1, 0.15) is 35.0 Å². The van der Waals surface area contributed by atoms with Crippen molar-refractivity contribution in [2.45, 2.75) is 44.8 Å². The Morgan fingerprint density at radius 2 is 1.81 bits per heavy atom. The first-order chi connectivity index (χ1) is 20.3. The number of rotatable bonds is 8. The molecule has 42 heavy (non-hydrogen) atoms. The number of nitrogen functional groups attached to an aromatic ring is 1. The van der Waals surface area contributed by atoms with Gasteiger partial charge in [0.15, 0.2) is 11.5 Å². The highest BCUT2D eigenvalue weighted by Crippen LogP contribution is 2.29. The third-order valence-corrected chi connectivity index (χ3v) is 8.12. The van der Waals surface area contributed by atoms with Crippen LogP contribution in [0.25, 0.3) is 16.9 Å². The van der Waals surface area contributed by atoms with Gasteiger partial charge in [-0.25, -0.2) is 14.8 Å². The molecule has 0 saturated carbocycles. The highest BCUT2D eigenvalue weighted by Gasteiger charge is 2.37. The van der Waals surface area contributed by atoms with E-state index < -0.39 is 0 Å². The van der Waals surface area contributed by atoms with Crippen molar-refractivity contribution in [2.24, 2.45) is 0 Å². The number of carbonyl (C=O) groups excluding carboxylic acids is 1. The van der Waals surface area contributed by atoms with E-state index in [0.717, 1.165) is 19.5 Å². The molecule has 4 heterocycles. The maximum absolute atomic E-state index is 13.9. The predicted octanol–water partition coefficient (Wildman–Crippen LogP) is 3.49. The molecule has 2 aromatic carbocycles. The number of likely N-dealkylation sites (tertiary alicyclic amines) is 2. The van der Waals surface area contributed by atoms with Gasteiger partial charge >= 0.3 is 5.69 Å². The molecule has 0 unspecified atom stereocenters. The van der Waals surface area contributed by atoms with Crippen LogP contribution in [0.5, 0.6) is 11.5 Å². The van der Waals surface area contributed by atoms with Gasteiger partial charge in [-0.1, -0.05) is 18.2 Å². The number of benzene rings is 2. The molecule has 2 aliphatic rings. The quantitative estimate of drug-likeness (QED) is 0.254. The van der Waals surface area contributed by atoms with Crippen LogP contribution in [-0.2, 0) is 11.3 Å². The lowest BCUT2D eigenvalue weighted by Gasteiger charge is -2.44. The maximum Gasteiger partial charge on any atom is 0.335 e. The van der Waals surface area contributed by atoms with E-state index in [1.54, 1.807) is 35.2 Å². The van der Waals surface area contributed by atoms with Crippen molar-refractivity contribution >= 4 is 22.9 Å². The van der Waals surface area contributed by atoms with Crippen LogP contribution in [-0.4, -0.2) is 66.0 Å². The average molecular weight is 565 g/mol. The van der Waals surface area contributed by atoms with Crippen molar-refractivity contribution in [3.63, 3.8) is 0 Å². The Hall–Kier alpha value is -4.95. The molecule has 2 saturated heterocycles. The number of para-hydroxylation sites is 1. The smallest absolute Gasteiger partial charge is 0.335 e. The first-order valence-corrected chi connectivity index (χ1v) is 14.0. The molecule has 11 heteroatoms. The fourth-order valence-electron chi connectivity index (χ4n) is 5.54. The van der Waals surface area contributed by atoms with Crippen LogP contribution in [0.3, 0.4) is 0 Å². The monoisotopic (exact) mass is 564 g/mol. The van der Waals surface area contributed by atoms with Crippen molar-refractivity contribution in [1.29, 1.82) is 5.26 Å². The summed E-state index contributed by atoms with van der Waals surface area (Å²) in [5.41, 5.74) is 7.00. The van der Waals surface area contributed by atoms with Crippen molar-refractivity contribution in [3.05, 3.63) is 83.1 Å². The first kappa shape index (κ1) is 27.2. The number of nitrogens with two attached hydrogens (primary N) is 1. The summed E-state index contributed by atoms with van der Waals surface area (Å²) in [4.78, 5) is 39.7. The van der Waals surface area contributed by atoms with Crippen molar-refractivity contribution < 1.29 is 9.53 Å². The zero-order valence-electron chi connectivity index (χ0n) is 23.6. The van der Waals surface area contributed by atoms with Crippen LogP contribution >= 0.6 is 0 Å². The van der Waals surface area contributed by atoms with Crippen LogP contribution in [0.2, 0.25) is 0 Å². The lowest BCUT2D eigenvalue weighted by atomic mass is 9.93. The number of carbonyl (C=O) groups is 1. The zero-order chi connectivity index (χ0) is 29.4. The predicted molar refractivity (Wildman–Crippen MR) is 158 cm³/mol. The van der Waals surface area contributed by atoms with E-state index >= 15 is 0 Å². The first-order valence-electron chi connectivity index (χ1n) is 14.0. The third-order valence-electron chi connectivity index (χ3n) is 8.12. The molecule has 0 bridgehead atoms. The van der Waals surface area contributed by atoms with Crippen LogP contribution in [0.1, 0.15) is 26.7 Å². The molecular formula is C31H32N8O3. The van der Waals surface area contributed by atoms with Gasteiger partial charge in [-0.15, -0.1) is 0 Å². The second kappa shape index (κ2) is 10.8. The molecule has 0 spiro atoms. The Morgan fingerprint density at radius 3 is 2.43 bits per heavy atom. The summed E-state index contributed by atoms with van der Waals surface area (Å²) in [6.07, 6.45) is 4.91. The molecule has 214 valence electrons. The minimum absolute atomic E-state index is 0.121. The van der Waals surface area contributed by atoms with Crippen LogP contribution in [0.15, 0.2) is 77.4 Å². The molecule has 0 radical (unpaired) electrons. The lowest BCUT2D eigenvalue weighted by molar-refractivity contribution is -0.134. The second-order valence-electron chi connectivity index (χ2n) is 11.2. The lowest BCUT2D eigenvalue weighted by Crippen LogP contribution is -2.55. The topological polar surface area (TPSA) is 135 Å². The largest absolute Gasteiger partial charge is 0.457 e. The number of imidazole rings is 1. The number of amides is 1. The van der Waals surface area contributed by atoms with E-state index in [0.29, 0.717) is 41.3 Å². The number of fused-ring (bicyclic) bond motifs is 1. The normalized spacial score (nSPS) is 17.4.